The molecule has 5 heteroatoms. The van der Waals surface area contributed by atoms with Crippen molar-refractivity contribution in [2.24, 2.45) is 0 Å². The van der Waals surface area contributed by atoms with Crippen molar-refractivity contribution in [3.63, 3.8) is 0 Å². The predicted molar refractivity (Wildman–Crippen MR) is 60.6 cm³/mol. The Kier molecular flexibility index (Phi) is 2.92. The lowest BCUT2D eigenvalue weighted by atomic mass is 10.3. The van der Waals surface area contributed by atoms with Crippen LogP contribution in [0.25, 0.3) is 0 Å². The monoisotopic (exact) mass is 236 g/mol. The number of aromatic nitrogens is 1. The highest BCUT2D eigenvalue weighted by molar-refractivity contribution is 6.32. The topological polar surface area (TPSA) is 55.1 Å². The van der Waals surface area contributed by atoms with E-state index in [-0.39, 0.29) is 16.8 Å². The van der Waals surface area contributed by atoms with Crippen LogP contribution in [0.15, 0.2) is 35.1 Å². The second kappa shape index (κ2) is 4.37. The normalized spacial score (nSPS) is 10.1. The van der Waals surface area contributed by atoms with Gasteiger partial charge in [0.05, 0.1) is 12.0 Å². The van der Waals surface area contributed by atoms with E-state index < -0.39 is 0 Å². The molecule has 0 aromatic carbocycles. The van der Waals surface area contributed by atoms with E-state index in [4.69, 9.17) is 16.0 Å². The minimum absolute atomic E-state index is 0.234. The second-order valence-electron chi connectivity index (χ2n) is 3.28. The van der Waals surface area contributed by atoms with Crippen LogP contribution in [0.2, 0.25) is 5.15 Å². The van der Waals surface area contributed by atoms with Crippen LogP contribution in [0.4, 0.5) is 5.69 Å². The van der Waals surface area contributed by atoms with Gasteiger partial charge in [0.15, 0.2) is 10.9 Å². The van der Waals surface area contributed by atoms with Gasteiger partial charge in [-0.3, -0.25) is 4.79 Å². The molecule has 0 fully saturated rings. The highest BCUT2D eigenvalue weighted by atomic mass is 35.5. The summed E-state index contributed by atoms with van der Waals surface area (Å²) in [5.74, 6) is -0.114. The molecule has 2 aromatic rings. The Labute approximate surface area is 97.2 Å². The molecular formula is C11H9ClN2O2. The van der Waals surface area contributed by atoms with Gasteiger partial charge < -0.3 is 9.73 Å². The summed E-state index contributed by atoms with van der Waals surface area (Å²) in [5, 5.41) is 2.88. The molecule has 82 valence electrons. The Morgan fingerprint density at radius 2 is 2.38 bits per heavy atom. The SMILES string of the molecule is Cc1cnc(Cl)c(NC(=O)c2ccco2)c1. The fourth-order valence-electron chi connectivity index (χ4n) is 1.23. The summed E-state index contributed by atoms with van der Waals surface area (Å²) in [4.78, 5) is 15.6. The van der Waals surface area contributed by atoms with E-state index in [0.717, 1.165) is 5.56 Å². The molecule has 1 N–H and O–H groups in total. The number of rotatable bonds is 2. The first-order chi connectivity index (χ1) is 7.66. The first-order valence-corrected chi connectivity index (χ1v) is 5.01. The van der Waals surface area contributed by atoms with Crippen molar-refractivity contribution in [3.8, 4) is 0 Å². The molecule has 0 spiro atoms. The third kappa shape index (κ3) is 2.23. The maximum Gasteiger partial charge on any atom is 0.291 e. The standard InChI is InChI=1S/C11H9ClN2O2/c1-7-5-8(10(12)13-6-7)14-11(15)9-3-2-4-16-9/h2-6H,1H3,(H,14,15). The van der Waals surface area contributed by atoms with Gasteiger partial charge >= 0.3 is 0 Å². The minimum Gasteiger partial charge on any atom is -0.459 e. The highest BCUT2D eigenvalue weighted by Gasteiger charge is 2.11. The Hall–Kier alpha value is -1.81. The number of nitrogens with zero attached hydrogens (tertiary/aromatic N) is 1. The van der Waals surface area contributed by atoms with Crippen molar-refractivity contribution >= 4 is 23.2 Å². The molecule has 0 saturated heterocycles. The Morgan fingerprint density at radius 1 is 1.56 bits per heavy atom. The van der Waals surface area contributed by atoms with Crippen molar-refractivity contribution in [3.05, 3.63) is 47.1 Å². The molecule has 2 heterocycles. The number of halogens is 1. The minimum atomic E-state index is -0.348. The number of anilines is 1. The van der Waals surface area contributed by atoms with Gasteiger partial charge in [0.1, 0.15) is 0 Å². The van der Waals surface area contributed by atoms with Crippen molar-refractivity contribution in [1.82, 2.24) is 4.98 Å². The predicted octanol–water partition coefficient (Wildman–Crippen LogP) is 2.89. The number of hydrogen-bond donors (Lipinski definition) is 1. The molecule has 0 bridgehead atoms. The lowest BCUT2D eigenvalue weighted by Gasteiger charge is -2.05. The zero-order chi connectivity index (χ0) is 11.5. The molecule has 0 atom stereocenters. The van der Waals surface area contributed by atoms with Crippen LogP contribution < -0.4 is 5.32 Å². The van der Waals surface area contributed by atoms with Crippen molar-refractivity contribution < 1.29 is 9.21 Å². The molecular weight excluding hydrogens is 228 g/mol. The molecule has 0 aliphatic carbocycles. The van der Waals surface area contributed by atoms with Crippen LogP contribution >= 0.6 is 11.6 Å². The Morgan fingerprint density at radius 3 is 3.06 bits per heavy atom. The molecule has 0 aliphatic rings. The summed E-state index contributed by atoms with van der Waals surface area (Å²) >= 11 is 5.85. The summed E-state index contributed by atoms with van der Waals surface area (Å²) in [7, 11) is 0. The Bertz CT molecular complexity index is 509. The van der Waals surface area contributed by atoms with Gasteiger partial charge in [0.25, 0.3) is 5.91 Å². The van der Waals surface area contributed by atoms with Crippen LogP contribution in [0.5, 0.6) is 0 Å². The lowest BCUT2D eigenvalue weighted by molar-refractivity contribution is 0.0996. The number of pyridine rings is 1. The number of nitrogens with one attached hydrogen (secondary N) is 1. The van der Waals surface area contributed by atoms with E-state index >= 15 is 0 Å². The summed E-state index contributed by atoms with van der Waals surface area (Å²) in [6, 6.07) is 4.97. The second-order valence-corrected chi connectivity index (χ2v) is 3.64. The fourth-order valence-corrected chi connectivity index (χ4v) is 1.38. The average molecular weight is 237 g/mol. The number of hydrogen-bond acceptors (Lipinski definition) is 3. The van der Waals surface area contributed by atoms with Crippen molar-refractivity contribution in [2.45, 2.75) is 6.92 Å². The summed E-state index contributed by atoms with van der Waals surface area (Å²) in [5.41, 5.74) is 1.39. The average Bonchev–Trinajstić information content (AvgIpc) is 2.76. The molecule has 0 unspecified atom stereocenters. The quantitative estimate of drug-likeness (QED) is 0.816. The molecule has 1 amide bonds. The van der Waals surface area contributed by atoms with E-state index in [9.17, 15) is 4.79 Å². The maximum atomic E-state index is 11.6. The van der Waals surface area contributed by atoms with Crippen LogP contribution in [0, 0.1) is 6.92 Å². The summed E-state index contributed by atoms with van der Waals surface area (Å²) in [6.45, 7) is 1.87. The number of aryl methyl sites for hydroxylation is 1. The van der Waals surface area contributed by atoms with Crippen LogP contribution in [-0.4, -0.2) is 10.9 Å². The highest BCUT2D eigenvalue weighted by Crippen LogP contribution is 2.20. The largest absolute Gasteiger partial charge is 0.459 e. The van der Waals surface area contributed by atoms with Crippen molar-refractivity contribution in [1.29, 1.82) is 0 Å². The first-order valence-electron chi connectivity index (χ1n) is 4.64. The smallest absolute Gasteiger partial charge is 0.291 e. The molecule has 2 aromatic heterocycles. The molecule has 4 nitrogen and oxygen atoms in total. The number of carbonyl (C=O) groups is 1. The van der Waals surface area contributed by atoms with Crippen LogP contribution in [-0.2, 0) is 0 Å². The van der Waals surface area contributed by atoms with Gasteiger partial charge in [-0.25, -0.2) is 4.98 Å². The molecule has 0 saturated carbocycles. The number of amides is 1. The van der Waals surface area contributed by atoms with Gasteiger partial charge in [-0.1, -0.05) is 11.6 Å². The number of carbonyl (C=O) groups excluding carboxylic acids is 1. The van der Waals surface area contributed by atoms with Crippen LogP contribution in [0.3, 0.4) is 0 Å². The Balaban J connectivity index is 2.21. The van der Waals surface area contributed by atoms with Gasteiger partial charge in [0.2, 0.25) is 0 Å². The molecule has 16 heavy (non-hydrogen) atoms. The molecule has 0 radical (unpaired) electrons. The van der Waals surface area contributed by atoms with Gasteiger partial charge in [-0.15, -0.1) is 0 Å². The van der Waals surface area contributed by atoms with Crippen LogP contribution in [0.1, 0.15) is 16.1 Å². The van der Waals surface area contributed by atoms with Gasteiger partial charge in [-0.2, -0.15) is 0 Å². The van der Waals surface area contributed by atoms with E-state index in [0.29, 0.717) is 5.69 Å². The zero-order valence-electron chi connectivity index (χ0n) is 8.53. The zero-order valence-corrected chi connectivity index (χ0v) is 9.28. The third-order valence-corrected chi connectivity index (χ3v) is 2.27. The van der Waals surface area contributed by atoms with E-state index in [1.807, 2.05) is 6.92 Å². The molecule has 2 rings (SSSR count). The summed E-state index contributed by atoms with van der Waals surface area (Å²) < 4.78 is 4.96. The van der Waals surface area contributed by atoms with Gasteiger partial charge in [0, 0.05) is 6.20 Å². The number of furan rings is 1. The first kappa shape index (κ1) is 10.7. The van der Waals surface area contributed by atoms with E-state index in [2.05, 4.69) is 10.3 Å². The lowest BCUT2D eigenvalue weighted by Crippen LogP contribution is -2.11. The van der Waals surface area contributed by atoms with E-state index in [1.165, 1.54) is 6.26 Å². The van der Waals surface area contributed by atoms with Crippen molar-refractivity contribution in [2.75, 3.05) is 5.32 Å². The third-order valence-electron chi connectivity index (χ3n) is 1.97. The van der Waals surface area contributed by atoms with Gasteiger partial charge in [-0.05, 0) is 30.7 Å². The fraction of sp³-hybridized carbons (Fsp3) is 0.0909. The molecule has 0 aliphatic heterocycles. The summed E-state index contributed by atoms with van der Waals surface area (Å²) in [6.07, 6.45) is 3.07. The maximum absolute atomic E-state index is 11.6. The van der Waals surface area contributed by atoms with E-state index in [1.54, 1.807) is 24.4 Å².